The van der Waals surface area contributed by atoms with Crippen LogP contribution in [-0.4, -0.2) is 45.2 Å². The van der Waals surface area contributed by atoms with Crippen molar-refractivity contribution >= 4 is 5.96 Å². The van der Waals surface area contributed by atoms with Gasteiger partial charge in [0.15, 0.2) is 17.5 Å². The lowest BCUT2D eigenvalue weighted by molar-refractivity contribution is 0.309. The van der Waals surface area contributed by atoms with Crippen LogP contribution in [0.2, 0.25) is 0 Å². The number of aliphatic imine (C=N–C) groups is 1. The van der Waals surface area contributed by atoms with E-state index in [0.29, 0.717) is 5.41 Å². The topological polar surface area (TPSA) is 46.1 Å². The van der Waals surface area contributed by atoms with Crippen molar-refractivity contribution in [1.29, 1.82) is 0 Å². The van der Waals surface area contributed by atoms with E-state index in [9.17, 15) is 0 Å². The van der Waals surface area contributed by atoms with E-state index in [1.807, 2.05) is 19.2 Å². The Balaban J connectivity index is 1.61. The lowest BCUT2D eigenvalue weighted by Crippen LogP contribution is -2.40. The van der Waals surface area contributed by atoms with Gasteiger partial charge in [-0.15, -0.1) is 0 Å². The Bertz CT molecular complexity index is 594. The highest BCUT2D eigenvalue weighted by molar-refractivity contribution is 5.80. The molecule has 0 atom stereocenters. The number of ether oxygens (including phenoxy) is 2. The van der Waals surface area contributed by atoms with E-state index < -0.39 is 0 Å². The van der Waals surface area contributed by atoms with Crippen molar-refractivity contribution in [3.05, 3.63) is 23.8 Å². The normalized spacial score (nSPS) is 19.8. The van der Waals surface area contributed by atoms with Crippen molar-refractivity contribution in [3.63, 3.8) is 0 Å². The number of rotatable bonds is 4. The van der Waals surface area contributed by atoms with Crippen LogP contribution in [0.1, 0.15) is 37.7 Å². The molecular weight excluding hydrogens is 302 g/mol. The second-order valence-electron chi connectivity index (χ2n) is 6.97. The molecule has 132 valence electrons. The molecule has 3 rings (SSSR count). The Morgan fingerprint density at radius 1 is 1.17 bits per heavy atom. The molecular formula is C19H29N3O2. The molecule has 1 spiro atoms. The summed E-state index contributed by atoms with van der Waals surface area (Å²) in [4.78, 5) is 6.91. The number of nitrogens with one attached hydrogen (secondary N) is 1. The van der Waals surface area contributed by atoms with Gasteiger partial charge in [0.1, 0.15) is 0 Å². The summed E-state index contributed by atoms with van der Waals surface area (Å²) in [6.07, 6.45) is 6.87. The summed E-state index contributed by atoms with van der Waals surface area (Å²) in [6, 6.07) is 6.02. The predicted octanol–water partition coefficient (Wildman–Crippen LogP) is 3.05. The van der Waals surface area contributed by atoms with Gasteiger partial charge in [0.25, 0.3) is 0 Å². The molecule has 0 radical (unpaired) electrons. The fourth-order valence-corrected chi connectivity index (χ4v) is 4.15. The molecule has 5 nitrogen and oxygen atoms in total. The zero-order valence-electron chi connectivity index (χ0n) is 15.1. The van der Waals surface area contributed by atoms with Crippen LogP contribution in [0.5, 0.6) is 11.5 Å². The molecule has 0 unspecified atom stereocenters. The first-order chi connectivity index (χ1) is 11.7. The van der Waals surface area contributed by atoms with Gasteiger partial charge in [0.05, 0.1) is 14.2 Å². The first-order valence-corrected chi connectivity index (χ1v) is 8.86. The zero-order chi connectivity index (χ0) is 17.0. The number of hydrogen-bond acceptors (Lipinski definition) is 3. The largest absolute Gasteiger partial charge is 0.493 e. The predicted molar refractivity (Wildman–Crippen MR) is 96.8 cm³/mol. The molecule has 24 heavy (non-hydrogen) atoms. The number of likely N-dealkylation sites (tertiary alicyclic amines) is 1. The number of benzene rings is 1. The molecule has 1 heterocycles. The Kier molecular flexibility index (Phi) is 5.17. The van der Waals surface area contributed by atoms with Crippen LogP contribution in [0.4, 0.5) is 0 Å². The first-order valence-electron chi connectivity index (χ1n) is 8.86. The van der Waals surface area contributed by atoms with E-state index in [-0.39, 0.29) is 0 Å². The zero-order valence-corrected chi connectivity index (χ0v) is 15.1. The molecule has 1 N–H and O–H groups in total. The first kappa shape index (κ1) is 16.9. The standard InChI is InChI=1S/C19H29N3O2/c1-20-18(22-11-10-19(14-22)8-4-5-9-19)21-13-15-6-7-16(23-2)17(12-15)24-3/h6-7,12H,4-5,8-11,13-14H2,1-3H3,(H,20,21). The van der Waals surface area contributed by atoms with Crippen molar-refractivity contribution < 1.29 is 9.47 Å². The fraction of sp³-hybridized carbons (Fsp3) is 0.632. The monoisotopic (exact) mass is 331 g/mol. The van der Waals surface area contributed by atoms with Crippen molar-refractivity contribution in [2.24, 2.45) is 10.4 Å². The molecule has 1 aliphatic heterocycles. The van der Waals surface area contributed by atoms with E-state index in [4.69, 9.17) is 9.47 Å². The van der Waals surface area contributed by atoms with Crippen LogP contribution < -0.4 is 14.8 Å². The van der Waals surface area contributed by atoms with Gasteiger partial charge in [0, 0.05) is 26.7 Å². The lowest BCUT2D eigenvalue weighted by atomic mass is 9.86. The molecule has 1 aromatic rings. The minimum atomic E-state index is 0.557. The molecule has 1 saturated carbocycles. The van der Waals surface area contributed by atoms with Crippen LogP contribution in [0.25, 0.3) is 0 Å². The smallest absolute Gasteiger partial charge is 0.193 e. The van der Waals surface area contributed by atoms with Crippen molar-refractivity contribution in [1.82, 2.24) is 10.2 Å². The van der Waals surface area contributed by atoms with Gasteiger partial charge >= 0.3 is 0 Å². The van der Waals surface area contributed by atoms with Gasteiger partial charge in [-0.2, -0.15) is 0 Å². The maximum Gasteiger partial charge on any atom is 0.193 e. The third kappa shape index (κ3) is 3.45. The molecule has 2 aliphatic rings. The molecule has 0 amide bonds. The summed E-state index contributed by atoms with van der Waals surface area (Å²) in [7, 11) is 5.19. The van der Waals surface area contributed by atoms with Crippen LogP contribution in [0.15, 0.2) is 23.2 Å². The van der Waals surface area contributed by atoms with Crippen molar-refractivity contribution in [2.45, 2.75) is 38.6 Å². The number of hydrogen-bond donors (Lipinski definition) is 1. The quantitative estimate of drug-likeness (QED) is 0.680. The van der Waals surface area contributed by atoms with Gasteiger partial charge in [-0.1, -0.05) is 18.9 Å². The molecule has 5 heteroatoms. The second kappa shape index (κ2) is 7.32. The SMILES string of the molecule is CN=C(NCc1ccc(OC)c(OC)c1)N1CCC2(CCCC2)C1. The van der Waals surface area contributed by atoms with Crippen LogP contribution in [0.3, 0.4) is 0 Å². The summed E-state index contributed by atoms with van der Waals surface area (Å²) >= 11 is 0. The summed E-state index contributed by atoms with van der Waals surface area (Å²) in [6.45, 7) is 3.00. The summed E-state index contributed by atoms with van der Waals surface area (Å²) in [5.74, 6) is 2.53. The van der Waals surface area contributed by atoms with Crippen molar-refractivity contribution in [2.75, 3.05) is 34.4 Å². The second-order valence-corrected chi connectivity index (χ2v) is 6.97. The summed E-state index contributed by atoms with van der Waals surface area (Å²) in [5, 5.41) is 3.50. The highest BCUT2D eigenvalue weighted by Crippen LogP contribution is 2.45. The highest BCUT2D eigenvalue weighted by atomic mass is 16.5. The average Bonchev–Trinajstić information content (AvgIpc) is 3.25. The molecule has 1 saturated heterocycles. The highest BCUT2D eigenvalue weighted by Gasteiger charge is 2.41. The Hall–Kier alpha value is -1.91. The number of guanidine groups is 1. The molecule has 1 aromatic carbocycles. The van der Waals surface area contributed by atoms with E-state index in [1.165, 1.54) is 32.1 Å². The Labute approximate surface area is 145 Å². The lowest BCUT2D eigenvalue weighted by Gasteiger charge is -2.26. The molecule has 0 aromatic heterocycles. The molecule has 1 aliphatic carbocycles. The minimum absolute atomic E-state index is 0.557. The van der Waals surface area contributed by atoms with E-state index in [1.54, 1.807) is 14.2 Å². The van der Waals surface area contributed by atoms with Gasteiger partial charge in [-0.05, 0) is 42.4 Å². The van der Waals surface area contributed by atoms with E-state index in [0.717, 1.165) is 42.7 Å². The summed E-state index contributed by atoms with van der Waals surface area (Å²) in [5.41, 5.74) is 1.71. The summed E-state index contributed by atoms with van der Waals surface area (Å²) < 4.78 is 10.7. The maximum absolute atomic E-state index is 5.38. The third-order valence-corrected chi connectivity index (χ3v) is 5.51. The van der Waals surface area contributed by atoms with Gasteiger partial charge in [0.2, 0.25) is 0 Å². The molecule has 2 fully saturated rings. The third-order valence-electron chi connectivity index (χ3n) is 5.51. The van der Waals surface area contributed by atoms with Gasteiger partial charge in [-0.25, -0.2) is 0 Å². The van der Waals surface area contributed by atoms with Crippen molar-refractivity contribution in [3.8, 4) is 11.5 Å². The van der Waals surface area contributed by atoms with Crippen LogP contribution >= 0.6 is 0 Å². The van der Waals surface area contributed by atoms with Crippen LogP contribution in [-0.2, 0) is 6.54 Å². The molecule has 0 bridgehead atoms. The Morgan fingerprint density at radius 3 is 2.58 bits per heavy atom. The van der Waals surface area contributed by atoms with E-state index in [2.05, 4.69) is 21.3 Å². The van der Waals surface area contributed by atoms with Gasteiger partial charge in [-0.3, -0.25) is 4.99 Å². The minimum Gasteiger partial charge on any atom is -0.493 e. The average molecular weight is 331 g/mol. The number of methoxy groups -OCH3 is 2. The van der Waals surface area contributed by atoms with E-state index >= 15 is 0 Å². The van der Waals surface area contributed by atoms with Gasteiger partial charge < -0.3 is 19.7 Å². The number of nitrogens with zero attached hydrogens (tertiary/aromatic N) is 2. The Morgan fingerprint density at radius 2 is 1.92 bits per heavy atom. The van der Waals surface area contributed by atoms with Crippen LogP contribution in [0, 0.1) is 5.41 Å². The maximum atomic E-state index is 5.38. The fourth-order valence-electron chi connectivity index (χ4n) is 4.15.